The molecule has 0 aliphatic carbocycles. The van der Waals surface area contributed by atoms with E-state index in [4.69, 9.17) is 9.47 Å². The quantitative estimate of drug-likeness (QED) is 0.639. The molecule has 0 radical (unpaired) electrons. The Bertz CT molecular complexity index is 1080. The molecule has 1 heterocycles. The molecular formula is C23H24N2O4. The average Bonchev–Trinajstić information content (AvgIpc) is 2.69. The molecule has 6 heteroatoms. The normalized spacial score (nSPS) is 10.8. The molecule has 0 unspecified atom stereocenters. The van der Waals surface area contributed by atoms with Gasteiger partial charge in [-0.05, 0) is 55.7 Å². The molecule has 3 aromatic rings. The third-order valence-corrected chi connectivity index (χ3v) is 4.84. The van der Waals surface area contributed by atoms with E-state index in [9.17, 15) is 9.59 Å². The molecule has 6 nitrogen and oxygen atoms in total. The van der Waals surface area contributed by atoms with E-state index in [0.29, 0.717) is 16.9 Å². The lowest BCUT2D eigenvalue weighted by Gasteiger charge is -2.14. The van der Waals surface area contributed by atoms with E-state index in [1.54, 1.807) is 7.11 Å². The summed E-state index contributed by atoms with van der Waals surface area (Å²) in [6.07, 6.45) is 0. The first-order chi connectivity index (χ1) is 13.9. The molecule has 150 valence electrons. The minimum absolute atomic E-state index is 0.172. The van der Waals surface area contributed by atoms with E-state index in [1.165, 1.54) is 0 Å². The van der Waals surface area contributed by atoms with Crippen LogP contribution in [0.2, 0.25) is 0 Å². The first-order valence-corrected chi connectivity index (χ1v) is 9.32. The van der Waals surface area contributed by atoms with Gasteiger partial charge in [0.1, 0.15) is 0 Å². The fourth-order valence-corrected chi connectivity index (χ4v) is 3.17. The number of aromatic nitrogens is 1. The van der Waals surface area contributed by atoms with E-state index in [-0.39, 0.29) is 13.2 Å². The Hall–Kier alpha value is -3.25. The van der Waals surface area contributed by atoms with Gasteiger partial charge in [-0.3, -0.25) is 4.79 Å². The second-order valence-corrected chi connectivity index (χ2v) is 6.93. The van der Waals surface area contributed by atoms with Crippen molar-refractivity contribution in [3.8, 4) is 0 Å². The Morgan fingerprint density at radius 1 is 1.03 bits per heavy atom. The number of nitrogens with one attached hydrogen (secondary N) is 1. The number of amides is 1. The third-order valence-electron chi connectivity index (χ3n) is 4.84. The minimum atomic E-state index is -0.594. The van der Waals surface area contributed by atoms with Crippen LogP contribution >= 0.6 is 0 Å². The topological polar surface area (TPSA) is 77.5 Å². The number of anilines is 1. The summed E-state index contributed by atoms with van der Waals surface area (Å²) in [6.45, 7) is 5.60. The van der Waals surface area contributed by atoms with Crippen molar-refractivity contribution in [2.45, 2.75) is 27.4 Å². The van der Waals surface area contributed by atoms with Gasteiger partial charge in [0.2, 0.25) is 0 Å². The van der Waals surface area contributed by atoms with Crippen LogP contribution in [0.1, 0.15) is 32.7 Å². The number of methoxy groups -OCH3 is 1. The lowest BCUT2D eigenvalue weighted by atomic mass is 10.0. The predicted molar refractivity (Wildman–Crippen MR) is 112 cm³/mol. The molecule has 1 amide bonds. The van der Waals surface area contributed by atoms with Gasteiger partial charge in [-0.2, -0.15) is 0 Å². The standard InChI is InChI=1S/C23H24N2O4/c1-14-9-10-17(11-15(14)2)24-21(26)13-29-23(27)22-16(3)18-7-5-6-8-19(18)25-20(22)12-28-4/h5-11H,12-13H2,1-4H3,(H,24,26). The third kappa shape index (κ3) is 4.60. The number of ether oxygens (including phenoxy) is 2. The van der Waals surface area contributed by atoms with Gasteiger partial charge >= 0.3 is 5.97 Å². The van der Waals surface area contributed by atoms with Crippen molar-refractivity contribution in [1.82, 2.24) is 4.98 Å². The number of benzene rings is 2. The molecule has 0 aliphatic rings. The summed E-state index contributed by atoms with van der Waals surface area (Å²) in [4.78, 5) is 29.5. The van der Waals surface area contributed by atoms with Crippen LogP contribution in [0.25, 0.3) is 10.9 Å². The Balaban J connectivity index is 1.76. The highest BCUT2D eigenvalue weighted by Crippen LogP contribution is 2.24. The fraction of sp³-hybridized carbons (Fsp3) is 0.261. The molecular weight excluding hydrogens is 368 g/mol. The van der Waals surface area contributed by atoms with Crippen LogP contribution < -0.4 is 5.32 Å². The van der Waals surface area contributed by atoms with Gasteiger partial charge in [-0.1, -0.05) is 24.3 Å². The Labute approximate surface area is 169 Å². The number of carbonyl (C=O) groups is 2. The number of nitrogens with zero attached hydrogens (tertiary/aromatic N) is 1. The number of para-hydroxylation sites is 1. The highest BCUT2D eigenvalue weighted by atomic mass is 16.5. The first kappa shape index (κ1) is 20.5. The molecule has 0 atom stereocenters. The van der Waals surface area contributed by atoms with Crippen molar-refractivity contribution in [3.63, 3.8) is 0 Å². The smallest absolute Gasteiger partial charge is 0.340 e. The van der Waals surface area contributed by atoms with Crippen molar-refractivity contribution in [3.05, 3.63) is 70.4 Å². The van der Waals surface area contributed by atoms with Crippen molar-refractivity contribution in [2.24, 2.45) is 0 Å². The van der Waals surface area contributed by atoms with Gasteiger partial charge in [0.05, 0.1) is 23.4 Å². The zero-order valence-electron chi connectivity index (χ0n) is 17.0. The second kappa shape index (κ2) is 8.84. The summed E-state index contributed by atoms with van der Waals surface area (Å²) in [6, 6.07) is 13.2. The maximum atomic E-state index is 12.8. The van der Waals surface area contributed by atoms with Crippen molar-refractivity contribution >= 4 is 28.5 Å². The molecule has 2 aromatic carbocycles. The molecule has 0 spiro atoms. The molecule has 0 aliphatic heterocycles. The van der Waals surface area contributed by atoms with Crippen molar-refractivity contribution in [1.29, 1.82) is 0 Å². The zero-order valence-corrected chi connectivity index (χ0v) is 17.0. The van der Waals surface area contributed by atoms with E-state index in [1.807, 2.05) is 63.2 Å². The van der Waals surface area contributed by atoms with Gasteiger partial charge in [-0.15, -0.1) is 0 Å². The minimum Gasteiger partial charge on any atom is -0.452 e. The maximum Gasteiger partial charge on any atom is 0.340 e. The van der Waals surface area contributed by atoms with Crippen LogP contribution in [0.5, 0.6) is 0 Å². The largest absolute Gasteiger partial charge is 0.452 e. The lowest BCUT2D eigenvalue weighted by molar-refractivity contribution is -0.119. The van der Waals surface area contributed by atoms with E-state index >= 15 is 0 Å². The molecule has 1 N–H and O–H groups in total. The van der Waals surface area contributed by atoms with E-state index < -0.39 is 11.9 Å². The van der Waals surface area contributed by atoms with Crippen molar-refractivity contribution < 1.29 is 19.1 Å². The Kier molecular flexibility index (Phi) is 6.24. The van der Waals surface area contributed by atoms with Crippen LogP contribution in [0.3, 0.4) is 0 Å². The molecule has 29 heavy (non-hydrogen) atoms. The van der Waals surface area contributed by atoms with Crippen molar-refractivity contribution in [2.75, 3.05) is 19.0 Å². The number of hydrogen-bond acceptors (Lipinski definition) is 5. The van der Waals surface area contributed by atoms with E-state index in [0.717, 1.165) is 27.6 Å². The summed E-state index contributed by atoms with van der Waals surface area (Å²) in [5.74, 6) is -0.996. The van der Waals surface area contributed by atoms with Crippen LogP contribution in [0.15, 0.2) is 42.5 Å². The number of fused-ring (bicyclic) bond motifs is 1. The van der Waals surface area contributed by atoms with Gasteiger partial charge in [0.25, 0.3) is 5.91 Å². The molecule has 0 saturated carbocycles. The summed E-state index contributed by atoms with van der Waals surface area (Å²) in [7, 11) is 1.54. The Morgan fingerprint density at radius 2 is 1.79 bits per heavy atom. The van der Waals surface area contributed by atoms with Gasteiger partial charge in [-0.25, -0.2) is 9.78 Å². The second-order valence-electron chi connectivity index (χ2n) is 6.93. The number of pyridine rings is 1. The average molecular weight is 392 g/mol. The van der Waals surface area contributed by atoms with Gasteiger partial charge in [0.15, 0.2) is 6.61 Å². The maximum absolute atomic E-state index is 12.8. The van der Waals surface area contributed by atoms with Crippen LogP contribution in [-0.4, -0.2) is 30.6 Å². The van der Waals surface area contributed by atoms with Gasteiger partial charge < -0.3 is 14.8 Å². The summed E-state index contributed by atoms with van der Waals surface area (Å²) in [5.41, 5.74) is 5.23. The van der Waals surface area contributed by atoms with Crippen LogP contribution in [0.4, 0.5) is 5.69 Å². The molecule has 0 saturated heterocycles. The molecule has 1 aromatic heterocycles. The SMILES string of the molecule is COCc1nc2ccccc2c(C)c1C(=O)OCC(=O)Nc1ccc(C)c(C)c1. The molecule has 0 bridgehead atoms. The van der Waals surface area contributed by atoms with Crippen LogP contribution in [0, 0.1) is 20.8 Å². The van der Waals surface area contributed by atoms with E-state index in [2.05, 4.69) is 10.3 Å². The first-order valence-electron chi connectivity index (χ1n) is 9.32. The predicted octanol–water partition coefficient (Wildman–Crippen LogP) is 4.10. The zero-order chi connectivity index (χ0) is 21.0. The number of hydrogen-bond donors (Lipinski definition) is 1. The fourth-order valence-electron chi connectivity index (χ4n) is 3.17. The Morgan fingerprint density at radius 3 is 2.52 bits per heavy atom. The van der Waals surface area contributed by atoms with Gasteiger partial charge in [0, 0.05) is 18.2 Å². The number of rotatable bonds is 6. The number of aryl methyl sites for hydroxylation is 3. The summed E-state index contributed by atoms with van der Waals surface area (Å²) >= 11 is 0. The van der Waals surface area contributed by atoms with Crippen LogP contribution in [-0.2, 0) is 20.9 Å². The number of esters is 1. The highest BCUT2D eigenvalue weighted by Gasteiger charge is 2.21. The summed E-state index contributed by atoms with van der Waals surface area (Å²) < 4.78 is 10.5. The summed E-state index contributed by atoms with van der Waals surface area (Å²) in [5, 5.41) is 3.60. The molecule has 3 rings (SSSR count). The lowest BCUT2D eigenvalue weighted by Crippen LogP contribution is -2.22. The monoisotopic (exact) mass is 392 g/mol. The molecule has 0 fully saturated rings. The highest BCUT2D eigenvalue weighted by molar-refractivity contribution is 6.00. The number of carbonyl (C=O) groups excluding carboxylic acids is 2.